The highest BCUT2D eigenvalue weighted by atomic mass is 32.2. The van der Waals surface area contributed by atoms with Gasteiger partial charge in [0.15, 0.2) is 9.84 Å². The second-order valence-electron chi connectivity index (χ2n) is 5.70. The van der Waals surface area contributed by atoms with E-state index in [-0.39, 0.29) is 17.5 Å². The van der Waals surface area contributed by atoms with Crippen LogP contribution in [0.5, 0.6) is 0 Å². The first kappa shape index (κ1) is 14.1. The van der Waals surface area contributed by atoms with E-state index in [1.807, 2.05) is 32.0 Å². The van der Waals surface area contributed by atoms with E-state index in [4.69, 9.17) is 5.73 Å². The van der Waals surface area contributed by atoms with Crippen LogP contribution in [0.3, 0.4) is 0 Å². The SMILES string of the molecule is Cc1cc2c(N3CCS(=O)(=O)CC3C)ccc(N)c2cn1. The number of benzene rings is 1. The van der Waals surface area contributed by atoms with Gasteiger partial charge in [0, 0.05) is 46.6 Å². The van der Waals surface area contributed by atoms with E-state index in [0.29, 0.717) is 12.2 Å². The first-order chi connectivity index (χ1) is 9.87. The molecule has 2 aromatic rings. The molecule has 1 aliphatic rings. The average Bonchev–Trinajstić information content (AvgIpc) is 2.39. The number of anilines is 2. The summed E-state index contributed by atoms with van der Waals surface area (Å²) in [5.74, 6) is 0.399. The zero-order chi connectivity index (χ0) is 15.2. The Hall–Kier alpha value is -1.82. The van der Waals surface area contributed by atoms with E-state index in [0.717, 1.165) is 22.2 Å². The summed E-state index contributed by atoms with van der Waals surface area (Å²) in [7, 11) is -2.92. The van der Waals surface area contributed by atoms with Crippen molar-refractivity contribution >= 4 is 32.0 Å². The molecule has 6 heteroatoms. The van der Waals surface area contributed by atoms with Gasteiger partial charge in [-0.3, -0.25) is 4.98 Å². The fourth-order valence-electron chi connectivity index (χ4n) is 2.96. The summed E-state index contributed by atoms with van der Waals surface area (Å²) in [6.07, 6.45) is 1.79. The van der Waals surface area contributed by atoms with Crippen LogP contribution in [0.15, 0.2) is 24.4 Å². The number of hydrogen-bond donors (Lipinski definition) is 1. The second-order valence-corrected chi connectivity index (χ2v) is 7.93. The standard InChI is InChI=1S/C15H19N3O2S/c1-10-7-12-13(8-17-10)14(16)3-4-15(12)18-5-6-21(19,20)9-11(18)2/h3-4,7-8,11H,5-6,9,16H2,1-2H3. The summed E-state index contributed by atoms with van der Waals surface area (Å²) in [6.45, 7) is 4.41. The maximum Gasteiger partial charge on any atom is 0.154 e. The zero-order valence-corrected chi connectivity index (χ0v) is 13.0. The molecule has 3 rings (SSSR count). The van der Waals surface area contributed by atoms with E-state index >= 15 is 0 Å². The van der Waals surface area contributed by atoms with E-state index < -0.39 is 9.84 Å². The highest BCUT2D eigenvalue weighted by molar-refractivity contribution is 7.91. The van der Waals surface area contributed by atoms with Gasteiger partial charge in [0.2, 0.25) is 0 Å². The van der Waals surface area contributed by atoms with Crippen LogP contribution in [0, 0.1) is 6.92 Å². The van der Waals surface area contributed by atoms with Gasteiger partial charge in [-0.1, -0.05) is 0 Å². The first-order valence-electron chi connectivity index (χ1n) is 6.99. The van der Waals surface area contributed by atoms with Gasteiger partial charge in [-0.25, -0.2) is 8.42 Å². The third-order valence-electron chi connectivity index (χ3n) is 4.03. The highest BCUT2D eigenvalue weighted by Gasteiger charge is 2.29. The Morgan fingerprint density at radius 3 is 2.81 bits per heavy atom. The molecule has 1 fully saturated rings. The van der Waals surface area contributed by atoms with Crippen LogP contribution in [-0.4, -0.2) is 37.5 Å². The summed E-state index contributed by atoms with van der Waals surface area (Å²) in [4.78, 5) is 6.46. The molecule has 21 heavy (non-hydrogen) atoms. The van der Waals surface area contributed by atoms with Crippen molar-refractivity contribution in [2.45, 2.75) is 19.9 Å². The number of nitrogens with zero attached hydrogens (tertiary/aromatic N) is 2. The molecule has 0 amide bonds. The number of pyridine rings is 1. The van der Waals surface area contributed by atoms with Crippen LogP contribution in [0.2, 0.25) is 0 Å². The van der Waals surface area contributed by atoms with Gasteiger partial charge in [-0.15, -0.1) is 0 Å². The van der Waals surface area contributed by atoms with Gasteiger partial charge < -0.3 is 10.6 Å². The molecule has 5 nitrogen and oxygen atoms in total. The molecule has 0 saturated carbocycles. The lowest BCUT2D eigenvalue weighted by Crippen LogP contribution is -2.47. The van der Waals surface area contributed by atoms with Gasteiger partial charge in [0.25, 0.3) is 0 Å². The lowest BCUT2D eigenvalue weighted by atomic mass is 10.1. The smallest absolute Gasteiger partial charge is 0.154 e. The Kier molecular flexibility index (Phi) is 3.28. The summed E-state index contributed by atoms with van der Waals surface area (Å²) < 4.78 is 23.5. The molecule has 0 spiro atoms. The number of rotatable bonds is 1. The van der Waals surface area contributed by atoms with E-state index in [9.17, 15) is 8.42 Å². The molecule has 1 aliphatic heterocycles. The lowest BCUT2D eigenvalue weighted by Gasteiger charge is -2.36. The molecule has 1 unspecified atom stereocenters. The fraction of sp³-hybridized carbons (Fsp3) is 0.400. The highest BCUT2D eigenvalue weighted by Crippen LogP contribution is 2.33. The van der Waals surface area contributed by atoms with Crippen LogP contribution in [0.4, 0.5) is 11.4 Å². The predicted molar refractivity (Wildman–Crippen MR) is 86.4 cm³/mol. The average molecular weight is 305 g/mol. The minimum absolute atomic E-state index is 0.0379. The number of nitrogen functional groups attached to an aromatic ring is 1. The molecular formula is C15H19N3O2S. The zero-order valence-electron chi connectivity index (χ0n) is 12.2. The van der Waals surface area contributed by atoms with Crippen LogP contribution < -0.4 is 10.6 Å². The molecular weight excluding hydrogens is 286 g/mol. The molecule has 1 aromatic carbocycles. The topological polar surface area (TPSA) is 76.3 Å². The Balaban J connectivity index is 2.13. The van der Waals surface area contributed by atoms with Crippen molar-refractivity contribution in [2.24, 2.45) is 0 Å². The predicted octanol–water partition coefficient (Wildman–Crippen LogP) is 1.75. The second kappa shape index (κ2) is 4.87. The summed E-state index contributed by atoms with van der Waals surface area (Å²) in [6, 6.07) is 5.82. The van der Waals surface area contributed by atoms with Gasteiger partial charge in [-0.2, -0.15) is 0 Å². The van der Waals surface area contributed by atoms with E-state index in [1.165, 1.54) is 0 Å². The van der Waals surface area contributed by atoms with Crippen molar-refractivity contribution in [2.75, 3.05) is 28.7 Å². The normalized spacial score (nSPS) is 21.6. The Bertz CT molecular complexity index is 802. The first-order valence-corrected chi connectivity index (χ1v) is 8.81. The molecule has 112 valence electrons. The van der Waals surface area contributed by atoms with Crippen molar-refractivity contribution in [1.82, 2.24) is 4.98 Å². The van der Waals surface area contributed by atoms with Crippen LogP contribution in [-0.2, 0) is 9.84 Å². The lowest BCUT2D eigenvalue weighted by molar-refractivity contribution is 0.568. The van der Waals surface area contributed by atoms with Crippen LogP contribution in [0.25, 0.3) is 10.8 Å². The number of hydrogen-bond acceptors (Lipinski definition) is 5. The van der Waals surface area contributed by atoms with Crippen molar-refractivity contribution in [3.63, 3.8) is 0 Å². The van der Waals surface area contributed by atoms with Crippen LogP contribution >= 0.6 is 0 Å². The van der Waals surface area contributed by atoms with Crippen LogP contribution in [0.1, 0.15) is 12.6 Å². The van der Waals surface area contributed by atoms with Crippen molar-refractivity contribution in [3.8, 4) is 0 Å². The minimum atomic E-state index is -2.92. The van der Waals surface area contributed by atoms with E-state index in [2.05, 4.69) is 9.88 Å². The fourth-order valence-corrected chi connectivity index (χ4v) is 4.51. The largest absolute Gasteiger partial charge is 0.398 e. The molecule has 1 aromatic heterocycles. The Morgan fingerprint density at radius 2 is 2.10 bits per heavy atom. The van der Waals surface area contributed by atoms with Gasteiger partial charge in [0.1, 0.15) is 0 Å². The maximum absolute atomic E-state index is 11.8. The molecule has 2 heterocycles. The molecule has 0 radical (unpaired) electrons. The summed E-state index contributed by atoms with van der Waals surface area (Å²) in [5.41, 5.74) is 8.68. The number of aromatic nitrogens is 1. The molecule has 2 N–H and O–H groups in total. The molecule has 1 atom stereocenters. The minimum Gasteiger partial charge on any atom is -0.398 e. The summed E-state index contributed by atoms with van der Waals surface area (Å²) >= 11 is 0. The molecule has 0 bridgehead atoms. The van der Waals surface area contributed by atoms with Gasteiger partial charge >= 0.3 is 0 Å². The molecule has 1 saturated heterocycles. The number of sulfone groups is 1. The van der Waals surface area contributed by atoms with Gasteiger partial charge in [0.05, 0.1) is 11.5 Å². The maximum atomic E-state index is 11.8. The van der Waals surface area contributed by atoms with Crippen molar-refractivity contribution in [1.29, 1.82) is 0 Å². The van der Waals surface area contributed by atoms with Gasteiger partial charge in [-0.05, 0) is 32.0 Å². The monoisotopic (exact) mass is 305 g/mol. The van der Waals surface area contributed by atoms with Crippen molar-refractivity contribution < 1.29 is 8.42 Å². The van der Waals surface area contributed by atoms with E-state index in [1.54, 1.807) is 6.20 Å². The third kappa shape index (κ3) is 2.55. The number of nitrogens with two attached hydrogens (primary N) is 1. The number of aryl methyl sites for hydroxylation is 1. The quantitative estimate of drug-likeness (QED) is 0.812. The number of fused-ring (bicyclic) bond motifs is 1. The summed E-state index contributed by atoms with van der Waals surface area (Å²) in [5, 5.41) is 1.95. The van der Waals surface area contributed by atoms with Crippen molar-refractivity contribution in [3.05, 3.63) is 30.1 Å². The third-order valence-corrected chi connectivity index (χ3v) is 5.82. The Morgan fingerprint density at radius 1 is 1.33 bits per heavy atom. The Labute approximate surface area is 124 Å². The molecule has 0 aliphatic carbocycles.